The summed E-state index contributed by atoms with van der Waals surface area (Å²) < 4.78 is 10.5. The molecular formula is C20H19ClN4O3. The number of methoxy groups -OCH3 is 2. The molecule has 3 aromatic rings. The van der Waals surface area contributed by atoms with Gasteiger partial charge in [-0.15, -0.1) is 0 Å². The molecule has 0 atom stereocenters. The number of nitrogens with one attached hydrogen (secondary N) is 2. The summed E-state index contributed by atoms with van der Waals surface area (Å²) in [5.74, 6) is 1.39. The van der Waals surface area contributed by atoms with Crippen LogP contribution >= 0.6 is 11.6 Å². The molecule has 1 heterocycles. The van der Waals surface area contributed by atoms with E-state index in [1.807, 2.05) is 24.3 Å². The molecule has 0 radical (unpaired) electrons. The van der Waals surface area contributed by atoms with Gasteiger partial charge in [-0.2, -0.15) is 0 Å². The second-order valence-electron chi connectivity index (χ2n) is 5.76. The molecule has 0 fully saturated rings. The van der Waals surface area contributed by atoms with E-state index in [0.29, 0.717) is 34.6 Å². The van der Waals surface area contributed by atoms with Gasteiger partial charge in [-0.1, -0.05) is 29.8 Å². The Morgan fingerprint density at radius 1 is 1.04 bits per heavy atom. The van der Waals surface area contributed by atoms with Gasteiger partial charge in [-0.3, -0.25) is 4.79 Å². The lowest BCUT2D eigenvalue weighted by Crippen LogP contribution is -2.24. The Morgan fingerprint density at radius 2 is 1.82 bits per heavy atom. The van der Waals surface area contributed by atoms with E-state index in [0.717, 1.165) is 5.56 Å². The maximum absolute atomic E-state index is 12.3. The normalized spacial score (nSPS) is 10.2. The Labute approximate surface area is 167 Å². The molecule has 3 rings (SSSR count). The van der Waals surface area contributed by atoms with E-state index in [-0.39, 0.29) is 11.6 Å². The number of hydrogen-bond acceptors (Lipinski definition) is 6. The molecule has 28 heavy (non-hydrogen) atoms. The Bertz CT molecular complexity index is 964. The number of ether oxygens (including phenoxy) is 2. The lowest BCUT2D eigenvalue weighted by molar-refractivity contribution is 0.0945. The zero-order chi connectivity index (χ0) is 19.9. The molecule has 0 bridgehead atoms. The highest BCUT2D eigenvalue weighted by molar-refractivity contribution is 6.33. The average molecular weight is 399 g/mol. The highest BCUT2D eigenvalue weighted by Crippen LogP contribution is 2.27. The second kappa shape index (κ2) is 9.05. The van der Waals surface area contributed by atoms with Crippen LogP contribution in [0.1, 0.15) is 16.1 Å². The van der Waals surface area contributed by atoms with Crippen LogP contribution in [0.15, 0.2) is 54.9 Å². The van der Waals surface area contributed by atoms with E-state index in [1.54, 1.807) is 32.4 Å². The molecule has 8 heteroatoms. The van der Waals surface area contributed by atoms with Crippen LogP contribution in [0.4, 0.5) is 11.5 Å². The first kappa shape index (κ1) is 19.4. The molecule has 0 unspecified atom stereocenters. The number of hydrogen-bond donors (Lipinski definition) is 2. The zero-order valence-corrected chi connectivity index (χ0v) is 16.2. The van der Waals surface area contributed by atoms with Crippen LogP contribution in [0.25, 0.3) is 0 Å². The van der Waals surface area contributed by atoms with Crippen LogP contribution in [0, 0.1) is 0 Å². The molecule has 1 amide bonds. The third-order valence-electron chi connectivity index (χ3n) is 3.92. The zero-order valence-electron chi connectivity index (χ0n) is 15.4. The number of amides is 1. The number of carbonyl (C=O) groups is 1. The number of aromatic nitrogens is 2. The molecule has 0 saturated heterocycles. The Kier molecular flexibility index (Phi) is 6.29. The van der Waals surface area contributed by atoms with Crippen LogP contribution in [0.5, 0.6) is 11.5 Å². The van der Waals surface area contributed by atoms with Gasteiger partial charge in [0.15, 0.2) is 11.5 Å². The van der Waals surface area contributed by atoms with Gasteiger partial charge in [0.05, 0.1) is 37.3 Å². The molecule has 7 nitrogen and oxygen atoms in total. The largest absolute Gasteiger partial charge is 0.493 e. The molecule has 0 spiro atoms. The van der Waals surface area contributed by atoms with Gasteiger partial charge in [0, 0.05) is 6.54 Å². The third-order valence-corrected chi connectivity index (χ3v) is 4.25. The number of anilines is 2. The standard InChI is InChI=1S/C20H19ClN4O3/c1-27-17-8-7-13(9-18(17)28-2)10-24-20(26)16-11-23-19(12-22-16)25-15-6-4-3-5-14(15)21/h3-9,11-12H,10H2,1-2H3,(H,23,25)(H,24,26). The van der Waals surface area contributed by atoms with Gasteiger partial charge in [0.25, 0.3) is 5.91 Å². The minimum absolute atomic E-state index is 0.213. The van der Waals surface area contributed by atoms with E-state index in [4.69, 9.17) is 21.1 Å². The van der Waals surface area contributed by atoms with Gasteiger partial charge < -0.3 is 20.1 Å². The minimum atomic E-state index is -0.327. The first-order valence-electron chi connectivity index (χ1n) is 8.43. The van der Waals surface area contributed by atoms with Crippen molar-refractivity contribution in [3.63, 3.8) is 0 Å². The molecular weight excluding hydrogens is 380 g/mol. The molecule has 0 saturated carbocycles. The molecule has 1 aromatic heterocycles. The fourth-order valence-electron chi connectivity index (χ4n) is 2.47. The summed E-state index contributed by atoms with van der Waals surface area (Å²) in [4.78, 5) is 20.7. The predicted molar refractivity (Wildman–Crippen MR) is 107 cm³/mol. The van der Waals surface area contributed by atoms with Crippen molar-refractivity contribution < 1.29 is 14.3 Å². The van der Waals surface area contributed by atoms with Crippen LogP contribution in [0.2, 0.25) is 5.02 Å². The topological polar surface area (TPSA) is 85.4 Å². The second-order valence-corrected chi connectivity index (χ2v) is 6.17. The third kappa shape index (κ3) is 4.69. The lowest BCUT2D eigenvalue weighted by atomic mass is 10.2. The maximum atomic E-state index is 12.3. The summed E-state index contributed by atoms with van der Waals surface area (Å²) in [6.45, 7) is 0.320. The molecule has 2 N–H and O–H groups in total. The van der Waals surface area contributed by atoms with E-state index >= 15 is 0 Å². The molecule has 0 aliphatic rings. The van der Waals surface area contributed by atoms with Gasteiger partial charge in [0.2, 0.25) is 0 Å². The highest BCUT2D eigenvalue weighted by atomic mass is 35.5. The fourth-order valence-corrected chi connectivity index (χ4v) is 2.66. The van der Waals surface area contributed by atoms with Gasteiger partial charge in [0.1, 0.15) is 11.5 Å². The summed E-state index contributed by atoms with van der Waals surface area (Å²) in [5.41, 5.74) is 1.80. The summed E-state index contributed by atoms with van der Waals surface area (Å²) in [6.07, 6.45) is 2.89. The van der Waals surface area contributed by atoms with Crippen molar-refractivity contribution in [3.05, 3.63) is 71.1 Å². The van der Waals surface area contributed by atoms with Crippen molar-refractivity contribution in [3.8, 4) is 11.5 Å². The first-order valence-corrected chi connectivity index (χ1v) is 8.81. The van der Waals surface area contributed by atoms with Crippen molar-refractivity contribution in [2.45, 2.75) is 6.54 Å². The summed E-state index contributed by atoms with van der Waals surface area (Å²) in [6, 6.07) is 12.7. The lowest BCUT2D eigenvalue weighted by Gasteiger charge is -2.10. The molecule has 0 aliphatic carbocycles. The van der Waals surface area contributed by atoms with Crippen molar-refractivity contribution in [2.75, 3.05) is 19.5 Å². The minimum Gasteiger partial charge on any atom is -0.493 e. The fraction of sp³-hybridized carbons (Fsp3) is 0.150. The molecule has 0 aliphatic heterocycles. The number of benzene rings is 2. The van der Waals surface area contributed by atoms with Crippen LogP contribution in [-0.2, 0) is 6.54 Å². The van der Waals surface area contributed by atoms with E-state index in [9.17, 15) is 4.79 Å². The Hall–Kier alpha value is -3.32. The van der Waals surface area contributed by atoms with E-state index in [1.165, 1.54) is 12.4 Å². The Balaban J connectivity index is 1.61. The molecule has 144 valence electrons. The number of para-hydroxylation sites is 1. The van der Waals surface area contributed by atoms with Gasteiger partial charge >= 0.3 is 0 Å². The number of rotatable bonds is 7. The smallest absolute Gasteiger partial charge is 0.271 e. The summed E-state index contributed by atoms with van der Waals surface area (Å²) >= 11 is 6.10. The SMILES string of the molecule is COc1ccc(CNC(=O)c2cnc(Nc3ccccc3Cl)cn2)cc1OC. The summed E-state index contributed by atoms with van der Waals surface area (Å²) in [7, 11) is 3.14. The maximum Gasteiger partial charge on any atom is 0.271 e. The van der Waals surface area contributed by atoms with E-state index < -0.39 is 0 Å². The number of carbonyl (C=O) groups excluding carboxylic acids is 1. The Morgan fingerprint density at radius 3 is 2.50 bits per heavy atom. The summed E-state index contributed by atoms with van der Waals surface area (Å²) in [5, 5.41) is 6.43. The van der Waals surface area contributed by atoms with E-state index in [2.05, 4.69) is 20.6 Å². The quantitative estimate of drug-likeness (QED) is 0.629. The van der Waals surface area contributed by atoms with Gasteiger partial charge in [-0.05, 0) is 29.8 Å². The van der Waals surface area contributed by atoms with Crippen molar-refractivity contribution in [1.29, 1.82) is 0 Å². The van der Waals surface area contributed by atoms with Crippen molar-refractivity contribution in [2.24, 2.45) is 0 Å². The number of nitrogens with zero attached hydrogens (tertiary/aromatic N) is 2. The van der Waals surface area contributed by atoms with Crippen LogP contribution in [0.3, 0.4) is 0 Å². The molecule has 2 aromatic carbocycles. The van der Waals surface area contributed by atoms with Crippen molar-refractivity contribution >= 4 is 29.0 Å². The predicted octanol–water partition coefficient (Wildman–Crippen LogP) is 3.82. The highest BCUT2D eigenvalue weighted by Gasteiger charge is 2.10. The number of halogens is 1. The monoisotopic (exact) mass is 398 g/mol. The average Bonchev–Trinajstić information content (AvgIpc) is 2.74. The van der Waals surface area contributed by atoms with Crippen molar-refractivity contribution in [1.82, 2.24) is 15.3 Å². The first-order chi connectivity index (χ1) is 13.6. The van der Waals surface area contributed by atoms with Crippen LogP contribution < -0.4 is 20.1 Å². The van der Waals surface area contributed by atoms with Gasteiger partial charge in [-0.25, -0.2) is 9.97 Å². The van der Waals surface area contributed by atoms with Crippen LogP contribution in [-0.4, -0.2) is 30.1 Å².